The SMILES string of the molecule is Cc1cccc(N2CCN(C(=O)C3CCc4nc5ccccn5c4C3)CC2)c1. The van der Waals surface area contributed by atoms with Gasteiger partial charge in [-0.15, -0.1) is 0 Å². The van der Waals surface area contributed by atoms with Crippen LogP contribution in [0.4, 0.5) is 5.69 Å². The van der Waals surface area contributed by atoms with Crippen LogP contribution in [0.1, 0.15) is 23.4 Å². The van der Waals surface area contributed by atoms with Gasteiger partial charge in [0.1, 0.15) is 5.65 Å². The maximum atomic E-state index is 13.2. The molecule has 1 aliphatic carbocycles. The molecular formula is C23H26N4O. The van der Waals surface area contributed by atoms with Gasteiger partial charge in [0.25, 0.3) is 0 Å². The summed E-state index contributed by atoms with van der Waals surface area (Å²) in [5.41, 5.74) is 5.92. The average molecular weight is 374 g/mol. The van der Waals surface area contributed by atoms with Gasteiger partial charge in [-0.1, -0.05) is 18.2 Å². The summed E-state index contributed by atoms with van der Waals surface area (Å²) in [6, 6.07) is 14.7. The van der Waals surface area contributed by atoms with Crippen molar-refractivity contribution in [1.29, 1.82) is 0 Å². The number of carbonyl (C=O) groups excluding carboxylic acids is 1. The number of hydrogen-bond acceptors (Lipinski definition) is 3. The molecule has 28 heavy (non-hydrogen) atoms. The predicted octanol–water partition coefficient (Wildman–Crippen LogP) is 3.10. The van der Waals surface area contributed by atoms with Crippen LogP contribution >= 0.6 is 0 Å². The Morgan fingerprint density at radius 2 is 1.93 bits per heavy atom. The van der Waals surface area contributed by atoms with E-state index in [2.05, 4.69) is 51.6 Å². The standard InChI is InChI=1S/C23H26N4O/c1-17-5-4-6-19(15-17)25-11-13-26(14-12-25)23(28)18-8-9-20-21(16-18)27-10-3-2-7-22(27)24-20/h2-7,10,15,18H,8-9,11-14,16H2,1H3. The molecule has 0 bridgehead atoms. The van der Waals surface area contributed by atoms with E-state index in [-0.39, 0.29) is 5.92 Å². The van der Waals surface area contributed by atoms with E-state index in [1.165, 1.54) is 22.6 Å². The highest BCUT2D eigenvalue weighted by atomic mass is 16.2. The molecule has 0 saturated carbocycles. The molecule has 1 amide bonds. The van der Waals surface area contributed by atoms with E-state index in [0.29, 0.717) is 5.91 Å². The van der Waals surface area contributed by atoms with Crippen LogP contribution in [0.3, 0.4) is 0 Å². The van der Waals surface area contributed by atoms with Crippen LogP contribution in [0.25, 0.3) is 5.65 Å². The number of carbonyl (C=O) groups is 1. The topological polar surface area (TPSA) is 40.8 Å². The number of benzene rings is 1. The fourth-order valence-corrected chi connectivity index (χ4v) is 4.64. The number of hydrogen-bond donors (Lipinski definition) is 0. The Labute approximate surface area is 165 Å². The molecule has 1 aromatic carbocycles. The van der Waals surface area contributed by atoms with Gasteiger partial charge in [0.15, 0.2) is 0 Å². The third kappa shape index (κ3) is 3.05. The Kier molecular flexibility index (Phi) is 4.30. The smallest absolute Gasteiger partial charge is 0.226 e. The van der Waals surface area contributed by atoms with E-state index in [1.54, 1.807) is 0 Å². The van der Waals surface area contributed by atoms with Gasteiger partial charge in [0, 0.05) is 56.1 Å². The van der Waals surface area contributed by atoms with Gasteiger partial charge in [0.05, 0.1) is 5.69 Å². The van der Waals surface area contributed by atoms with Crippen molar-refractivity contribution in [2.75, 3.05) is 31.1 Å². The molecule has 5 heteroatoms. The van der Waals surface area contributed by atoms with Crippen molar-refractivity contribution in [3.63, 3.8) is 0 Å². The number of aromatic nitrogens is 2. The first-order chi connectivity index (χ1) is 13.7. The van der Waals surface area contributed by atoms with Crippen molar-refractivity contribution < 1.29 is 4.79 Å². The van der Waals surface area contributed by atoms with Crippen LogP contribution in [-0.2, 0) is 17.6 Å². The molecule has 1 fully saturated rings. The van der Waals surface area contributed by atoms with Gasteiger partial charge >= 0.3 is 0 Å². The highest BCUT2D eigenvalue weighted by Crippen LogP contribution is 2.28. The number of anilines is 1. The van der Waals surface area contributed by atoms with Gasteiger partial charge in [-0.3, -0.25) is 4.79 Å². The lowest BCUT2D eigenvalue weighted by atomic mass is 9.88. The first-order valence-corrected chi connectivity index (χ1v) is 10.2. The van der Waals surface area contributed by atoms with Crippen LogP contribution < -0.4 is 4.90 Å². The van der Waals surface area contributed by atoms with Crippen LogP contribution in [-0.4, -0.2) is 46.4 Å². The molecule has 2 aromatic heterocycles. The van der Waals surface area contributed by atoms with Crippen molar-refractivity contribution in [2.24, 2.45) is 5.92 Å². The molecule has 5 rings (SSSR count). The maximum Gasteiger partial charge on any atom is 0.226 e. The molecule has 0 N–H and O–H groups in total. The second-order valence-electron chi connectivity index (χ2n) is 8.03. The number of amides is 1. The average Bonchev–Trinajstić information content (AvgIpc) is 3.11. The third-order valence-electron chi connectivity index (χ3n) is 6.19. The lowest BCUT2D eigenvalue weighted by Crippen LogP contribution is -2.51. The minimum atomic E-state index is 0.0816. The van der Waals surface area contributed by atoms with Crippen LogP contribution in [0.15, 0.2) is 48.7 Å². The fraction of sp³-hybridized carbons (Fsp3) is 0.391. The predicted molar refractivity (Wildman–Crippen MR) is 111 cm³/mol. The summed E-state index contributed by atoms with van der Waals surface area (Å²) < 4.78 is 2.16. The Bertz CT molecular complexity index is 1020. The first-order valence-electron chi connectivity index (χ1n) is 10.2. The summed E-state index contributed by atoms with van der Waals surface area (Å²) in [5, 5.41) is 0. The molecule has 1 aliphatic heterocycles. The molecule has 0 spiro atoms. The minimum absolute atomic E-state index is 0.0816. The number of aryl methyl sites for hydroxylation is 2. The van der Waals surface area contributed by atoms with Gasteiger partial charge < -0.3 is 14.2 Å². The molecule has 1 unspecified atom stereocenters. The van der Waals surface area contributed by atoms with E-state index in [9.17, 15) is 4.79 Å². The highest BCUT2D eigenvalue weighted by Gasteiger charge is 2.32. The van der Waals surface area contributed by atoms with Crippen molar-refractivity contribution in [1.82, 2.24) is 14.3 Å². The van der Waals surface area contributed by atoms with Crippen LogP contribution in [0.5, 0.6) is 0 Å². The first kappa shape index (κ1) is 17.3. The summed E-state index contributed by atoms with van der Waals surface area (Å²) >= 11 is 0. The zero-order valence-electron chi connectivity index (χ0n) is 16.3. The van der Waals surface area contributed by atoms with E-state index >= 15 is 0 Å². The van der Waals surface area contributed by atoms with Crippen molar-refractivity contribution in [3.05, 3.63) is 65.6 Å². The third-order valence-corrected chi connectivity index (χ3v) is 6.19. The summed E-state index contributed by atoms with van der Waals surface area (Å²) in [6.45, 7) is 5.55. The summed E-state index contributed by atoms with van der Waals surface area (Å²) in [7, 11) is 0. The summed E-state index contributed by atoms with van der Waals surface area (Å²) in [4.78, 5) is 22.4. The summed E-state index contributed by atoms with van der Waals surface area (Å²) in [6.07, 6.45) is 4.68. The normalized spacial score (nSPS) is 19.7. The Morgan fingerprint density at radius 3 is 2.75 bits per heavy atom. The molecule has 0 radical (unpaired) electrons. The zero-order chi connectivity index (χ0) is 19.1. The van der Waals surface area contributed by atoms with Crippen LogP contribution in [0, 0.1) is 12.8 Å². The van der Waals surface area contributed by atoms with Crippen molar-refractivity contribution in [2.45, 2.75) is 26.2 Å². The highest BCUT2D eigenvalue weighted by molar-refractivity contribution is 5.80. The lowest BCUT2D eigenvalue weighted by Gasteiger charge is -2.38. The number of fused-ring (bicyclic) bond motifs is 3. The van der Waals surface area contributed by atoms with E-state index in [0.717, 1.165) is 51.1 Å². The van der Waals surface area contributed by atoms with E-state index in [4.69, 9.17) is 4.98 Å². The molecule has 5 nitrogen and oxygen atoms in total. The number of piperazine rings is 1. The minimum Gasteiger partial charge on any atom is -0.368 e. The lowest BCUT2D eigenvalue weighted by molar-refractivity contribution is -0.136. The van der Waals surface area contributed by atoms with Gasteiger partial charge in [-0.05, 0) is 49.6 Å². The van der Waals surface area contributed by atoms with E-state index in [1.807, 2.05) is 18.2 Å². The second-order valence-corrected chi connectivity index (χ2v) is 8.03. The van der Waals surface area contributed by atoms with Crippen molar-refractivity contribution in [3.8, 4) is 0 Å². The molecule has 1 atom stereocenters. The Hall–Kier alpha value is -2.82. The fourth-order valence-electron chi connectivity index (χ4n) is 4.64. The molecular weight excluding hydrogens is 348 g/mol. The van der Waals surface area contributed by atoms with Crippen molar-refractivity contribution >= 4 is 17.2 Å². The monoisotopic (exact) mass is 374 g/mol. The zero-order valence-corrected chi connectivity index (χ0v) is 16.3. The quantitative estimate of drug-likeness (QED) is 0.692. The molecule has 2 aliphatic rings. The molecule has 3 heterocycles. The summed E-state index contributed by atoms with van der Waals surface area (Å²) in [5.74, 6) is 0.401. The molecule has 1 saturated heterocycles. The number of imidazole rings is 1. The Morgan fingerprint density at radius 1 is 1.07 bits per heavy atom. The van der Waals surface area contributed by atoms with Crippen LogP contribution in [0.2, 0.25) is 0 Å². The number of rotatable bonds is 2. The largest absolute Gasteiger partial charge is 0.368 e. The van der Waals surface area contributed by atoms with Gasteiger partial charge in [-0.2, -0.15) is 0 Å². The molecule has 3 aromatic rings. The Balaban J connectivity index is 1.26. The van der Waals surface area contributed by atoms with Gasteiger partial charge in [0.2, 0.25) is 5.91 Å². The maximum absolute atomic E-state index is 13.2. The molecule has 144 valence electrons. The second kappa shape index (κ2) is 6.97. The number of pyridine rings is 1. The number of nitrogens with zero attached hydrogens (tertiary/aromatic N) is 4. The van der Waals surface area contributed by atoms with Gasteiger partial charge in [-0.25, -0.2) is 4.98 Å². The van der Waals surface area contributed by atoms with E-state index < -0.39 is 0 Å².